The average molecular weight is 369 g/mol. The predicted octanol–water partition coefficient (Wildman–Crippen LogP) is 6.18. The molecule has 0 spiro atoms. The van der Waals surface area contributed by atoms with Crippen molar-refractivity contribution in [1.82, 2.24) is 9.97 Å². The maximum atomic E-state index is 13.4. The zero-order valence-electron chi connectivity index (χ0n) is 15.5. The standard InChI is InChI=1S/C24H20FN3/c1-18(23-8-2-3-9-24(23)19-10-12-20(25)13-11-19)28(21-6-4-14-26-16-21)22-7-5-15-27-17-22/h2-18H,1H3. The molecule has 138 valence electrons. The molecule has 0 fully saturated rings. The summed E-state index contributed by atoms with van der Waals surface area (Å²) in [7, 11) is 0. The van der Waals surface area contributed by atoms with Crippen molar-refractivity contribution in [3.8, 4) is 11.1 Å². The van der Waals surface area contributed by atoms with Crippen molar-refractivity contribution in [1.29, 1.82) is 0 Å². The number of aromatic nitrogens is 2. The van der Waals surface area contributed by atoms with Gasteiger partial charge in [-0.25, -0.2) is 4.39 Å². The maximum Gasteiger partial charge on any atom is 0.123 e. The van der Waals surface area contributed by atoms with Gasteiger partial charge in [-0.05, 0) is 60.0 Å². The van der Waals surface area contributed by atoms with Crippen molar-refractivity contribution in [2.75, 3.05) is 4.90 Å². The van der Waals surface area contributed by atoms with Gasteiger partial charge in [0.25, 0.3) is 0 Å². The Morgan fingerprint density at radius 1 is 0.750 bits per heavy atom. The van der Waals surface area contributed by atoms with Crippen LogP contribution in [0.5, 0.6) is 0 Å². The molecule has 1 unspecified atom stereocenters. The van der Waals surface area contributed by atoms with Crippen molar-refractivity contribution in [3.63, 3.8) is 0 Å². The number of hydrogen-bond donors (Lipinski definition) is 0. The van der Waals surface area contributed by atoms with E-state index in [2.05, 4.69) is 33.9 Å². The van der Waals surface area contributed by atoms with Gasteiger partial charge in [0.15, 0.2) is 0 Å². The summed E-state index contributed by atoms with van der Waals surface area (Å²) in [5.74, 6) is -0.235. The quantitative estimate of drug-likeness (QED) is 0.420. The largest absolute Gasteiger partial charge is 0.332 e. The van der Waals surface area contributed by atoms with Crippen molar-refractivity contribution in [3.05, 3.63) is 109 Å². The highest BCUT2D eigenvalue weighted by atomic mass is 19.1. The molecule has 0 aliphatic heterocycles. The van der Waals surface area contributed by atoms with Gasteiger partial charge in [0.1, 0.15) is 5.82 Å². The molecular formula is C24H20FN3. The minimum absolute atomic E-state index is 0.00894. The molecule has 4 aromatic rings. The van der Waals surface area contributed by atoms with Crippen LogP contribution in [0.2, 0.25) is 0 Å². The van der Waals surface area contributed by atoms with Crippen LogP contribution in [0.15, 0.2) is 97.6 Å². The smallest absolute Gasteiger partial charge is 0.123 e. The molecule has 0 aliphatic rings. The lowest BCUT2D eigenvalue weighted by molar-refractivity contribution is 0.628. The van der Waals surface area contributed by atoms with Gasteiger partial charge >= 0.3 is 0 Å². The van der Waals surface area contributed by atoms with Crippen LogP contribution in [-0.4, -0.2) is 9.97 Å². The van der Waals surface area contributed by atoms with Crippen LogP contribution in [0.1, 0.15) is 18.5 Å². The molecule has 3 nitrogen and oxygen atoms in total. The van der Waals surface area contributed by atoms with E-state index in [-0.39, 0.29) is 11.9 Å². The van der Waals surface area contributed by atoms with Gasteiger partial charge in [0, 0.05) is 12.4 Å². The van der Waals surface area contributed by atoms with E-state index in [1.807, 2.05) is 60.9 Å². The second-order valence-electron chi connectivity index (χ2n) is 6.56. The van der Waals surface area contributed by atoms with Gasteiger partial charge in [-0.2, -0.15) is 0 Å². The molecule has 4 heteroatoms. The van der Waals surface area contributed by atoms with Crippen LogP contribution in [0, 0.1) is 5.82 Å². The second kappa shape index (κ2) is 8.01. The Bertz CT molecular complexity index is 995. The highest BCUT2D eigenvalue weighted by Crippen LogP contribution is 2.38. The molecule has 0 bridgehead atoms. The first-order valence-corrected chi connectivity index (χ1v) is 9.18. The molecule has 0 N–H and O–H groups in total. The highest BCUT2D eigenvalue weighted by Gasteiger charge is 2.21. The summed E-state index contributed by atoms with van der Waals surface area (Å²) >= 11 is 0. The summed E-state index contributed by atoms with van der Waals surface area (Å²) in [6, 6.07) is 22.8. The van der Waals surface area contributed by atoms with Gasteiger partial charge in [-0.1, -0.05) is 36.4 Å². The number of rotatable bonds is 5. The molecule has 4 rings (SSSR count). The summed E-state index contributed by atoms with van der Waals surface area (Å²) in [4.78, 5) is 10.8. The zero-order chi connectivity index (χ0) is 19.3. The van der Waals surface area contributed by atoms with Crippen molar-refractivity contribution in [2.24, 2.45) is 0 Å². The van der Waals surface area contributed by atoms with E-state index in [0.29, 0.717) is 0 Å². The third kappa shape index (κ3) is 3.62. The number of nitrogens with zero attached hydrogens (tertiary/aromatic N) is 3. The molecule has 2 aromatic carbocycles. The van der Waals surface area contributed by atoms with E-state index in [0.717, 1.165) is 28.1 Å². The van der Waals surface area contributed by atoms with Gasteiger partial charge in [0.2, 0.25) is 0 Å². The third-order valence-corrected chi connectivity index (χ3v) is 4.80. The van der Waals surface area contributed by atoms with E-state index >= 15 is 0 Å². The third-order valence-electron chi connectivity index (χ3n) is 4.80. The van der Waals surface area contributed by atoms with Crippen molar-refractivity contribution >= 4 is 11.4 Å². The van der Waals surface area contributed by atoms with Crippen LogP contribution in [0.25, 0.3) is 11.1 Å². The molecule has 2 heterocycles. The molecule has 0 saturated carbocycles. The van der Waals surface area contributed by atoms with E-state index in [1.54, 1.807) is 12.4 Å². The lowest BCUT2D eigenvalue weighted by Gasteiger charge is -2.32. The monoisotopic (exact) mass is 369 g/mol. The first-order valence-electron chi connectivity index (χ1n) is 9.18. The molecule has 0 saturated heterocycles. The first-order chi connectivity index (χ1) is 13.7. The SMILES string of the molecule is CC(c1ccccc1-c1ccc(F)cc1)N(c1cccnc1)c1cccnc1. The fourth-order valence-electron chi connectivity index (χ4n) is 3.48. The Kier molecular flexibility index (Phi) is 5.11. The minimum atomic E-state index is -0.235. The van der Waals surface area contributed by atoms with Crippen LogP contribution in [-0.2, 0) is 0 Å². The lowest BCUT2D eigenvalue weighted by Crippen LogP contribution is -2.22. The number of anilines is 2. The molecular weight excluding hydrogens is 349 g/mol. The van der Waals surface area contributed by atoms with Crippen LogP contribution < -0.4 is 4.90 Å². The highest BCUT2D eigenvalue weighted by molar-refractivity contribution is 5.71. The van der Waals surface area contributed by atoms with Crippen molar-refractivity contribution < 1.29 is 4.39 Å². The van der Waals surface area contributed by atoms with E-state index < -0.39 is 0 Å². The van der Waals surface area contributed by atoms with E-state index in [9.17, 15) is 4.39 Å². The van der Waals surface area contributed by atoms with Gasteiger partial charge in [-0.15, -0.1) is 0 Å². The van der Waals surface area contributed by atoms with E-state index in [1.165, 1.54) is 12.1 Å². The Morgan fingerprint density at radius 2 is 1.36 bits per heavy atom. The molecule has 0 aliphatic carbocycles. The number of benzene rings is 2. The topological polar surface area (TPSA) is 29.0 Å². The maximum absolute atomic E-state index is 13.4. The van der Waals surface area contributed by atoms with Gasteiger partial charge in [0.05, 0.1) is 29.8 Å². The van der Waals surface area contributed by atoms with Crippen LogP contribution in [0.4, 0.5) is 15.8 Å². The van der Waals surface area contributed by atoms with Crippen molar-refractivity contribution in [2.45, 2.75) is 13.0 Å². The van der Waals surface area contributed by atoms with Crippen LogP contribution >= 0.6 is 0 Å². The molecule has 0 amide bonds. The summed E-state index contributed by atoms with van der Waals surface area (Å²) in [6.45, 7) is 2.16. The Morgan fingerprint density at radius 3 is 1.93 bits per heavy atom. The Labute approximate surface area is 164 Å². The molecule has 1 atom stereocenters. The molecule has 28 heavy (non-hydrogen) atoms. The normalized spacial score (nSPS) is 11.8. The van der Waals surface area contributed by atoms with Crippen LogP contribution in [0.3, 0.4) is 0 Å². The summed E-state index contributed by atoms with van der Waals surface area (Å²) in [5.41, 5.74) is 5.17. The predicted molar refractivity (Wildman–Crippen MR) is 111 cm³/mol. The fraction of sp³-hybridized carbons (Fsp3) is 0.0833. The summed E-state index contributed by atoms with van der Waals surface area (Å²) in [6.07, 6.45) is 7.23. The summed E-state index contributed by atoms with van der Waals surface area (Å²) in [5, 5.41) is 0. The Hall–Kier alpha value is -3.53. The minimum Gasteiger partial charge on any atom is -0.332 e. The lowest BCUT2D eigenvalue weighted by atomic mass is 9.94. The average Bonchev–Trinajstić information content (AvgIpc) is 2.76. The molecule has 0 radical (unpaired) electrons. The van der Waals surface area contributed by atoms with E-state index in [4.69, 9.17) is 0 Å². The number of pyridine rings is 2. The van der Waals surface area contributed by atoms with Gasteiger partial charge < -0.3 is 4.90 Å². The fourth-order valence-corrected chi connectivity index (χ4v) is 3.48. The Balaban J connectivity index is 1.82. The summed E-state index contributed by atoms with van der Waals surface area (Å²) < 4.78 is 13.4. The number of hydrogen-bond acceptors (Lipinski definition) is 3. The second-order valence-corrected chi connectivity index (χ2v) is 6.56. The number of halogens is 1. The van der Waals surface area contributed by atoms with Gasteiger partial charge in [-0.3, -0.25) is 9.97 Å². The molecule has 2 aromatic heterocycles. The first kappa shape index (κ1) is 17.9. The zero-order valence-corrected chi connectivity index (χ0v) is 15.5.